The molecule has 6 heteroatoms. The Morgan fingerprint density at radius 1 is 1.53 bits per heavy atom. The van der Waals surface area contributed by atoms with Gasteiger partial charge < -0.3 is 11.1 Å². The predicted molar refractivity (Wildman–Crippen MR) is 76.1 cm³/mol. The molecule has 1 rings (SSSR count). The van der Waals surface area contributed by atoms with Gasteiger partial charge >= 0.3 is 0 Å². The number of nitrogens with two attached hydrogens (primary N) is 1. The lowest BCUT2D eigenvalue weighted by Gasteiger charge is -2.10. The van der Waals surface area contributed by atoms with E-state index in [0.29, 0.717) is 28.0 Å². The lowest BCUT2D eigenvalue weighted by Crippen LogP contribution is -2.19. The molecule has 1 atom stereocenters. The van der Waals surface area contributed by atoms with Crippen LogP contribution in [0.3, 0.4) is 0 Å². The van der Waals surface area contributed by atoms with Crippen molar-refractivity contribution in [1.82, 2.24) is 0 Å². The number of amides is 1. The molecule has 94 valence electrons. The first-order valence-corrected chi connectivity index (χ1v) is 6.90. The van der Waals surface area contributed by atoms with Gasteiger partial charge in [-0.15, -0.1) is 11.8 Å². The number of carbonyl (C=O) groups is 1. The highest BCUT2D eigenvalue weighted by atomic mass is 35.5. The highest BCUT2D eigenvalue weighted by Gasteiger charge is 2.09. The fourth-order valence-electron chi connectivity index (χ4n) is 1.07. The van der Waals surface area contributed by atoms with Crippen LogP contribution in [0.25, 0.3) is 0 Å². The van der Waals surface area contributed by atoms with Crippen LogP contribution in [0.4, 0.5) is 5.69 Å². The average Bonchev–Trinajstić information content (AvgIpc) is 2.32. The second kappa shape index (κ2) is 7.11. The molecule has 0 aliphatic heterocycles. The van der Waals surface area contributed by atoms with Gasteiger partial charge in [0.05, 0.1) is 21.5 Å². The minimum absolute atomic E-state index is 0.112. The summed E-state index contributed by atoms with van der Waals surface area (Å²) in [5, 5.41) is 3.76. The van der Waals surface area contributed by atoms with E-state index in [2.05, 4.69) is 5.32 Å². The number of benzene rings is 1. The van der Waals surface area contributed by atoms with Crippen LogP contribution in [-0.2, 0) is 4.79 Å². The van der Waals surface area contributed by atoms with E-state index in [1.165, 1.54) is 11.8 Å². The molecular formula is C11H14Cl2N2OS. The zero-order valence-electron chi connectivity index (χ0n) is 9.37. The van der Waals surface area contributed by atoms with Gasteiger partial charge in [-0.2, -0.15) is 0 Å². The van der Waals surface area contributed by atoms with E-state index < -0.39 is 0 Å². The third-order valence-electron chi connectivity index (χ3n) is 2.06. The second-order valence-electron chi connectivity index (χ2n) is 3.51. The van der Waals surface area contributed by atoms with Gasteiger partial charge in [-0.1, -0.05) is 36.2 Å². The quantitative estimate of drug-likeness (QED) is 0.877. The van der Waals surface area contributed by atoms with Gasteiger partial charge in [-0.05, 0) is 12.1 Å². The molecule has 0 fully saturated rings. The van der Waals surface area contributed by atoms with Gasteiger partial charge in [-0.25, -0.2) is 0 Å². The largest absolute Gasteiger partial charge is 0.329 e. The monoisotopic (exact) mass is 292 g/mol. The predicted octanol–water partition coefficient (Wildman–Crippen LogP) is 3.01. The summed E-state index contributed by atoms with van der Waals surface area (Å²) >= 11 is 13.3. The Balaban J connectivity index is 2.54. The molecule has 3 nitrogen and oxygen atoms in total. The molecule has 1 aromatic carbocycles. The first kappa shape index (κ1) is 14.6. The van der Waals surface area contributed by atoms with Crippen molar-refractivity contribution in [1.29, 1.82) is 0 Å². The van der Waals surface area contributed by atoms with Crippen molar-refractivity contribution >= 4 is 46.6 Å². The maximum atomic E-state index is 11.6. The lowest BCUT2D eigenvalue weighted by atomic mass is 10.3. The van der Waals surface area contributed by atoms with Crippen LogP contribution in [0.1, 0.15) is 6.92 Å². The molecule has 17 heavy (non-hydrogen) atoms. The minimum atomic E-state index is -0.112. The van der Waals surface area contributed by atoms with Crippen molar-refractivity contribution in [2.24, 2.45) is 5.73 Å². The highest BCUT2D eigenvalue weighted by Crippen LogP contribution is 2.29. The van der Waals surface area contributed by atoms with Crippen LogP contribution in [0.5, 0.6) is 0 Å². The molecule has 0 aromatic heterocycles. The number of hydrogen-bond acceptors (Lipinski definition) is 3. The second-order valence-corrected chi connectivity index (χ2v) is 5.72. The third-order valence-corrected chi connectivity index (χ3v) is 4.07. The number of carbonyl (C=O) groups excluding carboxylic acids is 1. The van der Waals surface area contributed by atoms with Gasteiger partial charge in [0.2, 0.25) is 5.91 Å². The summed E-state index contributed by atoms with van der Waals surface area (Å²) in [5.41, 5.74) is 6.00. The number of thioether (sulfide) groups is 1. The first-order chi connectivity index (χ1) is 8.04. The molecule has 1 aromatic rings. The van der Waals surface area contributed by atoms with Crippen LogP contribution in [0.2, 0.25) is 10.0 Å². The van der Waals surface area contributed by atoms with E-state index in [1.54, 1.807) is 18.2 Å². The zero-order valence-corrected chi connectivity index (χ0v) is 11.7. The topological polar surface area (TPSA) is 55.1 Å². The van der Waals surface area contributed by atoms with Crippen molar-refractivity contribution in [2.75, 3.05) is 17.6 Å². The number of halogens is 2. The molecule has 0 spiro atoms. The molecule has 1 amide bonds. The van der Waals surface area contributed by atoms with E-state index in [0.717, 1.165) is 0 Å². The summed E-state index contributed by atoms with van der Waals surface area (Å²) in [6.07, 6.45) is 0. The summed E-state index contributed by atoms with van der Waals surface area (Å²) in [6.45, 7) is 2.53. The minimum Gasteiger partial charge on any atom is -0.329 e. The van der Waals surface area contributed by atoms with Crippen molar-refractivity contribution in [3.8, 4) is 0 Å². The number of nitrogens with one attached hydrogen (secondary N) is 1. The molecule has 0 aliphatic carbocycles. The molecule has 0 saturated heterocycles. The molecule has 0 aliphatic rings. The van der Waals surface area contributed by atoms with E-state index in [9.17, 15) is 4.79 Å². The summed E-state index contributed by atoms with van der Waals surface area (Å²) in [5.74, 6) is 0.237. The van der Waals surface area contributed by atoms with Gasteiger partial charge in [0.1, 0.15) is 0 Å². The van der Waals surface area contributed by atoms with E-state index >= 15 is 0 Å². The third kappa shape index (κ3) is 4.76. The first-order valence-electron chi connectivity index (χ1n) is 5.10. The summed E-state index contributed by atoms with van der Waals surface area (Å²) < 4.78 is 0. The molecule has 0 bridgehead atoms. The molecule has 1 unspecified atom stereocenters. The average molecular weight is 293 g/mol. The van der Waals surface area contributed by atoms with Gasteiger partial charge in [0.25, 0.3) is 0 Å². The molecule has 0 heterocycles. The Bertz CT molecular complexity index is 401. The van der Waals surface area contributed by atoms with Crippen LogP contribution < -0.4 is 11.1 Å². The van der Waals surface area contributed by atoms with Crippen molar-refractivity contribution in [3.05, 3.63) is 28.2 Å². The Morgan fingerprint density at radius 3 is 2.88 bits per heavy atom. The van der Waals surface area contributed by atoms with Crippen molar-refractivity contribution in [2.45, 2.75) is 12.2 Å². The van der Waals surface area contributed by atoms with Crippen LogP contribution in [0, 0.1) is 0 Å². The molecule has 3 N–H and O–H groups in total. The Morgan fingerprint density at radius 2 is 2.24 bits per heavy atom. The summed E-state index contributed by atoms with van der Waals surface area (Å²) in [4.78, 5) is 11.6. The Hall–Kier alpha value is -0.420. The molecule has 0 saturated carbocycles. The van der Waals surface area contributed by atoms with Gasteiger partial charge in [-0.3, -0.25) is 4.79 Å². The molecular weight excluding hydrogens is 279 g/mol. The summed E-state index contributed by atoms with van der Waals surface area (Å²) in [6, 6.07) is 5.12. The SMILES string of the molecule is CC(CN)SCC(=O)Nc1cccc(Cl)c1Cl. The lowest BCUT2D eigenvalue weighted by molar-refractivity contribution is -0.113. The Kier molecular flexibility index (Phi) is 6.12. The standard InChI is InChI=1S/C11H14Cl2N2OS/c1-7(5-14)17-6-10(16)15-9-4-2-3-8(12)11(9)13/h2-4,7H,5-6,14H2,1H3,(H,15,16). The number of hydrogen-bond donors (Lipinski definition) is 2. The fourth-order valence-corrected chi connectivity index (χ4v) is 2.06. The van der Waals surface area contributed by atoms with E-state index in [4.69, 9.17) is 28.9 Å². The van der Waals surface area contributed by atoms with E-state index in [1.807, 2.05) is 6.92 Å². The highest BCUT2D eigenvalue weighted by molar-refractivity contribution is 8.00. The normalized spacial score (nSPS) is 12.2. The zero-order chi connectivity index (χ0) is 12.8. The fraction of sp³-hybridized carbons (Fsp3) is 0.364. The smallest absolute Gasteiger partial charge is 0.234 e. The van der Waals surface area contributed by atoms with Crippen LogP contribution in [0.15, 0.2) is 18.2 Å². The number of anilines is 1. The number of rotatable bonds is 5. The van der Waals surface area contributed by atoms with Gasteiger partial charge in [0, 0.05) is 11.8 Å². The van der Waals surface area contributed by atoms with Crippen LogP contribution in [-0.4, -0.2) is 23.5 Å². The van der Waals surface area contributed by atoms with E-state index in [-0.39, 0.29) is 11.2 Å². The van der Waals surface area contributed by atoms with Gasteiger partial charge in [0.15, 0.2) is 0 Å². The molecule has 0 radical (unpaired) electrons. The summed E-state index contributed by atoms with van der Waals surface area (Å²) in [7, 11) is 0. The van der Waals surface area contributed by atoms with Crippen LogP contribution >= 0.6 is 35.0 Å². The Labute approximate surface area is 115 Å². The maximum absolute atomic E-state index is 11.6. The van der Waals surface area contributed by atoms with Crippen molar-refractivity contribution < 1.29 is 4.79 Å². The maximum Gasteiger partial charge on any atom is 0.234 e. The van der Waals surface area contributed by atoms with Crippen molar-refractivity contribution in [3.63, 3.8) is 0 Å².